The molecule has 0 fully saturated rings. The van der Waals surface area contributed by atoms with Crippen molar-refractivity contribution in [3.63, 3.8) is 0 Å². The summed E-state index contributed by atoms with van der Waals surface area (Å²) in [5.41, 5.74) is -0.901. The van der Waals surface area contributed by atoms with E-state index in [4.69, 9.17) is 11.6 Å². The second kappa shape index (κ2) is 10.1. The lowest BCUT2D eigenvalue weighted by Crippen LogP contribution is -2.43. The Kier molecular flexibility index (Phi) is 8.85. The van der Waals surface area contributed by atoms with Crippen LogP contribution in [0.4, 0.5) is 0 Å². The van der Waals surface area contributed by atoms with E-state index in [1.807, 2.05) is 13.8 Å². The molecule has 1 amide bonds. The first-order chi connectivity index (χ1) is 11.7. The standard InChI is InChI=1S/C17H27ClN2O4S/c1-3-10-17(22,11-4-2)13-19-16(21)9-12-20-25(23,24)15-7-5-14(18)6-8-15/h5-8,20,22H,3-4,9-13H2,1-2H3,(H,19,21). The van der Waals surface area contributed by atoms with E-state index in [0.29, 0.717) is 17.9 Å². The van der Waals surface area contributed by atoms with Gasteiger partial charge in [-0.25, -0.2) is 13.1 Å². The summed E-state index contributed by atoms with van der Waals surface area (Å²) >= 11 is 5.74. The number of sulfonamides is 1. The van der Waals surface area contributed by atoms with Crippen LogP contribution >= 0.6 is 11.6 Å². The van der Waals surface area contributed by atoms with Crippen LogP contribution in [-0.4, -0.2) is 38.1 Å². The predicted molar refractivity (Wildman–Crippen MR) is 99.0 cm³/mol. The molecule has 0 saturated carbocycles. The normalized spacial score (nSPS) is 12.2. The van der Waals surface area contributed by atoms with E-state index in [0.717, 1.165) is 12.8 Å². The maximum atomic E-state index is 12.1. The molecular weight excluding hydrogens is 364 g/mol. The van der Waals surface area contributed by atoms with Gasteiger partial charge in [0.1, 0.15) is 0 Å². The number of hydrogen-bond donors (Lipinski definition) is 3. The van der Waals surface area contributed by atoms with Crippen LogP contribution in [-0.2, 0) is 14.8 Å². The molecular formula is C17H27ClN2O4S. The minimum Gasteiger partial charge on any atom is -0.388 e. The summed E-state index contributed by atoms with van der Waals surface area (Å²) in [5.74, 6) is -0.301. The predicted octanol–water partition coefficient (Wildman–Crippen LogP) is 2.46. The summed E-state index contributed by atoms with van der Waals surface area (Å²) in [5, 5.41) is 13.6. The summed E-state index contributed by atoms with van der Waals surface area (Å²) in [6.07, 6.45) is 2.89. The fraction of sp³-hybridized carbons (Fsp3) is 0.588. The van der Waals surface area contributed by atoms with Gasteiger partial charge in [-0.1, -0.05) is 38.3 Å². The summed E-state index contributed by atoms with van der Waals surface area (Å²) in [4.78, 5) is 12.0. The van der Waals surface area contributed by atoms with Crippen molar-refractivity contribution in [1.82, 2.24) is 10.0 Å². The smallest absolute Gasteiger partial charge is 0.240 e. The van der Waals surface area contributed by atoms with Crippen LogP contribution in [0.5, 0.6) is 0 Å². The van der Waals surface area contributed by atoms with E-state index in [2.05, 4.69) is 10.0 Å². The van der Waals surface area contributed by atoms with Crippen LogP contribution in [0.3, 0.4) is 0 Å². The van der Waals surface area contributed by atoms with Crippen LogP contribution in [0.25, 0.3) is 0 Å². The van der Waals surface area contributed by atoms with Crippen molar-refractivity contribution in [1.29, 1.82) is 0 Å². The molecule has 25 heavy (non-hydrogen) atoms. The van der Waals surface area contributed by atoms with E-state index in [-0.39, 0.29) is 30.3 Å². The van der Waals surface area contributed by atoms with Gasteiger partial charge >= 0.3 is 0 Å². The molecule has 0 saturated heterocycles. The number of aliphatic hydroxyl groups is 1. The average molecular weight is 391 g/mol. The first-order valence-corrected chi connectivity index (χ1v) is 10.3. The maximum absolute atomic E-state index is 12.1. The Bertz CT molecular complexity index is 641. The molecule has 142 valence electrons. The summed E-state index contributed by atoms with van der Waals surface area (Å²) in [7, 11) is -3.67. The Morgan fingerprint density at radius 1 is 1.16 bits per heavy atom. The molecule has 0 unspecified atom stereocenters. The minimum atomic E-state index is -3.67. The molecule has 0 spiro atoms. The lowest BCUT2D eigenvalue weighted by atomic mass is 9.92. The zero-order chi connectivity index (χ0) is 18.9. The molecule has 0 aromatic heterocycles. The highest BCUT2D eigenvalue weighted by Crippen LogP contribution is 2.18. The molecule has 0 aliphatic heterocycles. The zero-order valence-corrected chi connectivity index (χ0v) is 16.3. The van der Waals surface area contributed by atoms with Crippen molar-refractivity contribution in [3.05, 3.63) is 29.3 Å². The first-order valence-electron chi connectivity index (χ1n) is 8.47. The minimum absolute atomic E-state index is 0.00114. The van der Waals surface area contributed by atoms with Gasteiger partial charge in [-0.2, -0.15) is 0 Å². The topological polar surface area (TPSA) is 95.5 Å². The van der Waals surface area contributed by atoms with Gasteiger partial charge in [0.25, 0.3) is 0 Å². The molecule has 3 N–H and O–H groups in total. The quantitative estimate of drug-likeness (QED) is 0.540. The molecule has 0 heterocycles. The van der Waals surface area contributed by atoms with E-state index in [1.165, 1.54) is 24.3 Å². The number of rotatable bonds is 11. The highest BCUT2D eigenvalue weighted by atomic mass is 35.5. The maximum Gasteiger partial charge on any atom is 0.240 e. The summed E-state index contributed by atoms with van der Waals surface area (Å²) in [6.45, 7) is 4.12. The van der Waals surface area contributed by atoms with Crippen LogP contribution < -0.4 is 10.0 Å². The Morgan fingerprint density at radius 2 is 1.72 bits per heavy atom. The zero-order valence-electron chi connectivity index (χ0n) is 14.7. The molecule has 0 aliphatic carbocycles. The lowest BCUT2D eigenvalue weighted by Gasteiger charge is -2.27. The van der Waals surface area contributed by atoms with Gasteiger partial charge in [-0.3, -0.25) is 4.79 Å². The number of nitrogens with one attached hydrogen (secondary N) is 2. The number of benzene rings is 1. The van der Waals surface area contributed by atoms with Crippen molar-refractivity contribution in [3.8, 4) is 0 Å². The van der Waals surface area contributed by atoms with Crippen LogP contribution in [0, 0.1) is 0 Å². The Balaban J connectivity index is 2.44. The third kappa shape index (κ3) is 7.73. The second-order valence-electron chi connectivity index (χ2n) is 6.10. The molecule has 1 aromatic rings. The third-order valence-electron chi connectivity index (χ3n) is 3.81. The third-order valence-corrected chi connectivity index (χ3v) is 5.54. The van der Waals surface area contributed by atoms with E-state index in [1.54, 1.807) is 0 Å². The molecule has 0 radical (unpaired) electrons. The monoisotopic (exact) mass is 390 g/mol. The highest BCUT2D eigenvalue weighted by Gasteiger charge is 2.25. The van der Waals surface area contributed by atoms with Crippen LogP contribution in [0.2, 0.25) is 5.02 Å². The second-order valence-corrected chi connectivity index (χ2v) is 8.31. The van der Waals surface area contributed by atoms with Gasteiger partial charge < -0.3 is 10.4 Å². The fourth-order valence-corrected chi connectivity index (χ4v) is 3.74. The Morgan fingerprint density at radius 3 is 2.24 bits per heavy atom. The molecule has 0 bridgehead atoms. The van der Waals surface area contributed by atoms with E-state index < -0.39 is 15.6 Å². The van der Waals surface area contributed by atoms with Crippen LogP contribution in [0.1, 0.15) is 46.0 Å². The fourth-order valence-electron chi connectivity index (χ4n) is 2.58. The van der Waals surface area contributed by atoms with E-state index in [9.17, 15) is 18.3 Å². The van der Waals surface area contributed by atoms with Gasteiger partial charge in [-0.05, 0) is 37.1 Å². The lowest BCUT2D eigenvalue weighted by molar-refractivity contribution is -0.122. The molecule has 1 aromatic carbocycles. The largest absolute Gasteiger partial charge is 0.388 e. The first kappa shape index (κ1) is 21.9. The Labute approximate surface area is 155 Å². The summed E-state index contributed by atoms with van der Waals surface area (Å²) < 4.78 is 26.6. The number of halogens is 1. The molecule has 0 aliphatic rings. The van der Waals surface area contributed by atoms with Crippen molar-refractivity contribution < 1.29 is 18.3 Å². The molecule has 0 atom stereocenters. The number of amides is 1. The van der Waals surface area contributed by atoms with Gasteiger partial charge in [0.05, 0.1) is 10.5 Å². The molecule has 1 rings (SSSR count). The van der Waals surface area contributed by atoms with Gasteiger partial charge in [0, 0.05) is 24.5 Å². The van der Waals surface area contributed by atoms with Gasteiger partial charge in [-0.15, -0.1) is 0 Å². The van der Waals surface area contributed by atoms with E-state index >= 15 is 0 Å². The Hall–Kier alpha value is -1.15. The van der Waals surface area contributed by atoms with Crippen molar-refractivity contribution in [2.45, 2.75) is 56.4 Å². The van der Waals surface area contributed by atoms with Crippen molar-refractivity contribution in [2.24, 2.45) is 0 Å². The molecule has 8 heteroatoms. The van der Waals surface area contributed by atoms with Crippen LogP contribution in [0.15, 0.2) is 29.2 Å². The SMILES string of the molecule is CCCC(O)(CCC)CNC(=O)CCNS(=O)(=O)c1ccc(Cl)cc1. The van der Waals surface area contributed by atoms with Gasteiger partial charge in [0.15, 0.2) is 0 Å². The average Bonchev–Trinajstić information content (AvgIpc) is 2.54. The number of carbonyl (C=O) groups is 1. The summed E-state index contributed by atoms with van der Waals surface area (Å²) in [6, 6.07) is 5.79. The number of hydrogen-bond acceptors (Lipinski definition) is 4. The van der Waals surface area contributed by atoms with Crippen molar-refractivity contribution >= 4 is 27.5 Å². The van der Waals surface area contributed by atoms with Gasteiger partial charge in [0.2, 0.25) is 15.9 Å². The highest BCUT2D eigenvalue weighted by molar-refractivity contribution is 7.89. The number of carbonyl (C=O) groups excluding carboxylic acids is 1. The van der Waals surface area contributed by atoms with Crippen molar-refractivity contribution in [2.75, 3.05) is 13.1 Å². The molecule has 6 nitrogen and oxygen atoms in total.